The topological polar surface area (TPSA) is 26.0 Å². The third kappa shape index (κ3) is 20.9. The number of nitrogens with two attached hydrogens (primary N) is 1. The predicted molar refractivity (Wildman–Crippen MR) is 30.0 cm³/mol. The van der Waals surface area contributed by atoms with Crippen molar-refractivity contribution in [3.63, 3.8) is 0 Å². The number of hydrogen-bond donors (Lipinski definition) is 1. The average Bonchev–Trinajstić information content (AvgIpc) is 1.38. The van der Waals surface area contributed by atoms with Gasteiger partial charge < -0.3 is 20.1 Å². The Morgan fingerprint density at radius 2 is 1.86 bits per heavy atom. The minimum atomic E-state index is 0. The number of rotatable bonds is 1. The summed E-state index contributed by atoms with van der Waals surface area (Å²) < 4.78 is 0. The monoisotopic (exact) mass is 138 g/mol. The van der Waals surface area contributed by atoms with Gasteiger partial charge in [-0.1, -0.05) is 6.92 Å². The van der Waals surface area contributed by atoms with E-state index in [0.29, 0.717) is 12.5 Å². The smallest absolute Gasteiger partial charge is 0.358 e. The van der Waals surface area contributed by atoms with Crippen LogP contribution in [0.3, 0.4) is 0 Å². The van der Waals surface area contributed by atoms with E-state index in [1.807, 2.05) is 6.92 Å². The van der Waals surface area contributed by atoms with Crippen LogP contribution in [0, 0.1) is 20.3 Å². The molecule has 1 nitrogen and oxygen atoms in total. The van der Waals surface area contributed by atoms with Crippen LogP contribution in [-0.4, -0.2) is 6.54 Å². The van der Waals surface area contributed by atoms with Crippen molar-refractivity contribution < 1.29 is 18.6 Å². The van der Waals surface area contributed by atoms with E-state index < -0.39 is 0 Å². The van der Waals surface area contributed by atoms with Gasteiger partial charge in [0.05, 0.1) is 0 Å². The van der Waals surface area contributed by atoms with Gasteiger partial charge in [-0.3, -0.25) is 0 Å². The van der Waals surface area contributed by atoms with Crippen molar-refractivity contribution in [2.24, 2.45) is 11.7 Å². The SMILES string of the molecule is [CH2-]C(C)CN.[CH3-].[V+2]. The molecule has 2 N–H and O–H groups in total. The van der Waals surface area contributed by atoms with Gasteiger partial charge in [0.15, 0.2) is 0 Å². The first-order valence-corrected chi connectivity index (χ1v) is 1.80. The molecule has 0 aromatic carbocycles. The molecule has 0 amide bonds. The van der Waals surface area contributed by atoms with Crippen LogP contribution < -0.4 is 5.73 Å². The molecular formula is C5H13NV. The molecule has 43 valence electrons. The Balaban J connectivity index is -0.0000000800. The van der Waals surface area contributed by atoms with Crippen LogP contribution in [0.1, 0.15) is 6.92 Å². The Bertz CT molecular complexity index is 22.0. The zero-order chi connectivity index (χ0) is 4.28. The molecule has 0 bridgehead atoms. The van der Waals surface area contributed by atoms with Gasteiger partial charge in [0, 0.05) is 0 Å². The van der Waals surface area contributed by atoms with Gasteiger partial charge in [-0.2, -0.15) is 5.92 Å². The van der Waals surface area contributed by atoms with E-state index in [1.165, 1.54) is 0 Å². The van der Waals surface area contributed by atoms with E-state index in [-0.39, 0.29) is 26.0 Å². The Labute approximate surface area is 58.6 Å². The molecule has 1 atom stereocenters. The van der Waals surface area contributed by atoms with Crippen LogP contribution in [0.2, 0.25) is 0 Å². The molecule has 0 aromatic rings. The minimum Gasteiger partial charge on any atom is -0.358 e. The normalized spacial score (nSPS) is 10.7. The molecule has 0 aliphatic carbocycles. The van der Waals surface area contributed by atoms with E-state index in [2.05, 4.69) is 6.92 Å². The van der Waals surface area contributed by atoms with Crippen molar-refractivity contribution in [1.82, 2.24) is 0 Å². The van der Waals surface area contributed by atoms with Crippen LogP contribution >= 0.6 is 0 Å². The summed E-state index contributed by atoms with van der Waals surface area (Å²) in [5, 5.41) is 0. The summed E-state index contributed by atoms with van der Waals surface area (Å²) in [6, 6.07) is 0. The van der Waals surface area contributed by atoms with Crippen molar-refractivity contribution in [2.45, 2.75) is 6.92 Å². The van der Waals surface area contributed by atoms with Crippen LogP contribution in [-0.2, 0) is 18.6 Å². The molecule has 0 heterocycles. The summed E-state index contributed by atoms with van der Waals surface area (Å²) in [4.78, 5) is 0. The Morgan fingerprint density at radius 3 is 1.86 bits per heavy atom. The molecule has 0 aliphatic rings. The average molecular weight is 138 g/mol. The van der Waals surface area contributed by atoms with Gasteiger partial charge in [0.25, 0.3) is 0 Å². The molecule has 0 fully saturated rings. The van der Waals surface area contributed by atoms with Crippen molar-refractivity contribution in [3.8, 4) is 0 Å². The van der Waals surface area contributed by atoms with Gasteiger partial charge in [-0.25, -0.2) is 0 Å². The fraction of sp³-hybridized carbons (Fsp3) is 0.600. The van der Waals surface area contributed by atoms with E-state index in [1.54, 1.807) is 0 Å². The third-order valence-corrected chi connectivity index (χ3v) is 0.402. The molecule has 1 radical (unpaired) electrons. The third-order valence-electron chi connectivity index (χ3n) is 0.402. The molecule has 0 rings (SSSR count). The summed E-state index contributed by atoms with van der Waals surface area (Å²) in [6.07, 6.45) is 0. The Kier molecular flexibility index (Phi) is 21.8. The minimum absolute atomic E-state index is 0. The summed E-state index contributed by atoms with van der Waals surface area (Å²) in [7, 11) is 0. The van der Waals surface area contributed by atoms with E-state index in [4.69, 9.17) is 5.73 Å². The van der Waals surface area contributed by atoms with Crippen LogP contribution in [0.25, 0.3) is 0 Å². The molecule has 1 unspecified atom stereocenters. The van der Waals surface area contributed by atoms with Crippen molar-refractivity contribution in [2.75, 3.05) is 6.54 Å². The summed E-state index contributed by atoms with van der Waals surface area (Å²) >= 11 is 0. The zero-order valence-electron chi connectivity index (χ0n) is 5.02. The van der Waals surface area contributed by atoms with Crippen LogP contribution in [0.4, 0.5) is 0 Å². The van der Waals surface area contributed by atoms with Crippen LogP contribution in [0.5, 0.6) is 0 Å². The standard InChI is InChI=1S/C4H10N.CH3.V/c1-4(2)3-5;;/h4H,1,3,5H2,2H3;1H3;/q2*-1;+2. The predicted octanol–water partition coefficient (Wildman–Crippen LogP) is 0.863. The first kappa shape index (κ1) is 15.6. The second kappa shape index (κ2) is 9.74. The quantitative estimate of drug-likeness (QED) is 0.534. The van der Waals surface area contributed by atoms with Gasteiger partial charge in [-0.15, -0.1) is 0 Å². The first-order chi connectivity index (χ1) is 2.27. The Morgan fingerprint density at radius 1 is 1.71 bits per heavy atom. The first-order valence-electron chi connectivity index (χ1n) is 1.80. The maximum absolute atomic E-state index is 5.11. The van der Waals surface area contributed by atoms with Crippen molar-refractivity contribution >= 4 is 0 Å². The number of hydrogen-bond acceptors (Lipinski definition) is 1. The molecular weight excluding hydrogens is 125 g/mol. The molecule has 2 heteroatoms. The zero-order valence-corrected chi connectivity index (χ0v) is 6.41. The summed E-state index contributed by atoms with van der Waals surface area (Å²) in [5.74, 6) is 0.412. The van der Waals surface area contributed by atoms with Crippen LogP contribution in [0.15, 0.2) is 0 Å². The maximum atomic E-state index is 5.11. The molecule has 0 saturated carbocycles. The van der Waals surface area contributed by atoms with Gasteiger partial charge in [0.2, 0.25) is 0 Å². The van der Waals surface area contributed by atoms with Gasteiger partial charge >= 0.3 is 18.6 Å². The maximum Gasteiger partial charge on any atom is 2.00 e. The fourth-order valence-corrected chi connectivity index (χ4v) is 0. The van der Waals surface area contributed by atoms with Crippen molar-refractivity contribution in [3.05, 3.63) is 14.4 Å². The van der Waals surface area contributed by atoms with E-state index in [0.717, 1.165) is 0 Å². The largest absolute Gasteiger partial charge is 2.00 e. The summed E-state index contributed by atoms with van der Waals surface area (Å²) in [5.41, 5.74) is 5.11. The molecule has 7 heavy (non-hydrogen) atoms. The molecule has 0 aliphatic heterocycles. The fourth-order valence-electron chi connectivity index (χ4n) is 0. The Hall–Kier alpha value is 0.544. The summed E-state index contributed by atoms with van der Waals surface area (Å²) in [6.45, 7) is 6.31. The van der Waals surface area contributed by atoms with E-state index in [9.17, 15) is 0 Å². The van der Waals surface area contributed by atoms with Gasteiger partial charge in [-0.05, 0) is 6.54 Å². The molecule has 0 aromatic heterocycles. The second-order valence-electron chi connectivity index (χ2n) is 1.34. The van der Waals surface area contributed by atoms with E-state index >= 15 is 0 Å². The molecule has 0 saturated heterocycles. The van der Waals surface area contributed by atoms with Gasteiger partial charge in [0.1, 0.15) is 0 Å². The second-order valence-corrected chi connectivity index (χ2v) is 1.34. The van der Waals surface area contributed by atoms with Crippen molar-refractivity contribution in [1.29, 1.82) is 0 Å². The molecule has 0 spiro atoms.